The summed E-state index contributed by atoms with van der Waals surface area (Å²) in [6.07, 6.45) is 1.50. The van der Waals surface area contributed by atoms with Gasteiger partial charge in [-0.05, 0) is 43.3 Å². The first-order chi connectivity index (χ1) is 13.5. The molecule has 146 valence electrons. The third-order valence-corrected chi connectivity index (χ3v) is 4.43. The molecule has 0 aliphatic carbocycles. The molecule has 0 bridgehead atoms. The van der Waals surface area contributed by atoms with E-state index in [1.54, 1.807) is 37.4 Å². The number of carbonyl (C=O) groups is 1. The minimum absolute atomic E-state index is 0.121. The van der Waals surface area contributed by atoms with Gasteiger partial charge >= 0.3 is 0 Å². The van der Waals surface area contributed by atoms with Gasteiger partial charge in [-0.15, -0.1) is 10.2 Å². The maximum Gasteiger partial charge on any atom is 0.264 e. The molecule has 0 atom stereocenters. The molecule has 28 heavy (non-hydrogen) atoms. The number of nitrogens with zero attached hydrogens (tertiary/aromatic N) is 4. The Morgan fingerprint density at radius 3 is 2.79 bits per heavy atom. The minimum Gasteiger partial charge on any atom is -0.497 e. The number of benzene rings is 1. The van der Waals surface area contributed by atoms with E-state index in [-0.39, 0.29) is 17.6 Å². The number of rotatable bonds is 8. The van der Waals surface area contributed by atoms with Gasteiger partial charge in [0.2, 0.25) is 11.1 Å². The summed E-state index contributed by atoms with van der Waals surface area (Å²) in [5, 5.41) is 15.0. The smallest absolute Gasteiger partial charge is 0.264 e. The fourth-order valence-corrected chi connectivity index (χ4v) is 2.79. The molecular formula is C17H19N7O3S. The molecule has 0 saturated carbocycles. The molecule has 3 rings (SSSR count). The molecule has 2 heterocycles. The topological polar surface area (TPSA) is 133 Å². The van der Waals surface area contributed by atoms with Gasteiger partial charge in [0.15, 0.2) is 0 Å². The number of methoxy groups -OCH3 is 1. The number of ether oxygens (including phenoxy) is 1. The van der Waals surface area contributed by atoms with Crippen molar-refractivity contribution in [2.45, 2.75) is 12.1 Å². The van der Waals surface area contributed by atoms with Crippen LogP contribution in [0.2, 0.25) is 0 Å². The van der Waals surface area contributed by atoms with Gasteiger partial charge < -0.3 is 20.3 Å². The fraction of sp³-hybridized carbons (Fsp3) is 0.176. The quantitative estimate of drug-likeness (QED) is 0.226. The first-order valence-electron chi connectivity index (χ1n) is 8.18. The number of thioether (sulfide) groups is 1. The average molecular weight is 401 g/mol. The summed E-state index contributed by atoms with van der Waals surface area (Å²) in [7, 11) is 1.58. The normalized spacial score (nSPS) is 10.9. The van der Waals surface area contributed by atoms with Gasteiger partial charge in [0.05, 0.1) is 19.1 Å². The molecule has 0 aliphatic rings. The lowest BCUT2D eigenvalue weighted by atomic mass is 10.3. The van der Waals surface area contributed by atoms with Crippen LogP contribution in [0, 0.1) is 6.92 Å². The van der Waals surface area contributed by atoms with Crippen molar-refractivity contribution in [2.24, 2.45) is 5.10 Å². The predicted molar refractivity (Wildman–Crippen MR) is 107 cm³/mol. The van der Waals surface area contributed by atoms with Crippen LogP contribution < -0.4 is 21.3 Å². The molecule has 3 aromatic rings. The van der Waals surface area contributed by atoms with Crippen LogP contribution >= 0.6 is 11.8 Å². The highest BCUT2D eigenvalue weighted by molar-refractivity contribution is 7.99. The molecule has 0 unspecified atom stereocenters. The molecule has 11 heteroatoms. The third kappa shape index (κ3) is 5.04. The number of nitrogen functional groups attached to an aromatic ring is 1. The number of hydrogen-bond acceptors (Lipinski definition) is 9. The number of carbonyl (C=O) groups excluding carboxylic acids is 1. The number of aromatic nitrogens is 3. The van der Waals surface area contributed by atoms with E-state index in [4.69, 9.17) is 15.0 Å². The Bertz CT molecular complexity index is 966. The lowest BCUT2D eigenvalue weighted by Gasteiger charge is -2.06. The molecule has 1 aromatic carbocycles. The summed E-state index contributed by atoms with van der Waals surface area (Å²) < 4.78 is 11.7. The number of aryl methyl sites for hydroxylation is 1. The van der Waals surface area contributed by atoms with Gasteiger partial charge in [-0.25, -0.2) is 10.1 Å². The summed E-state index contributed by atoms with van der Waals surface area (Å²) in [4.78, 5) is 12.1. The zero-order valence-corrected chi connectivity index (χ0v) is 16.1. The lowest BCUT2D eigenvalue weighted by Crippen LogP contribution is -2.16. The highest BCUT2D eigenvalue weighted by Gasteiger charge is 2.12. The fourth-order valence-electron chi connectivity index (χ4n) is 2.13. The zero-order chi connectivity index (χ0) is 19.9. The van der Waals surface area contributed by atoms with Crippen molar-refractivity contribution < 1.29 is 13.9 Å². The Morgan fingerprint density at radius 2 is 2.11 bits per heavy atom. The number of nitrogens with two attached hydrogens (primary N) is 1. The predicted octanol–water partition coefficient (Wildman–Crippen LogP) is 2.08. The second-order valence-corrected chi connectivity index (χ2v) is 6.50. The van der Waals surface area contributed by atoms with Crippen molar-refractivity contribution >= 4 is 35.5 Å². The van der Waals surface area contributed by atoms with Crippen molar-refractivity contribution in [1.29, 1.82) is 0 Å². The minimum atomic E-state index is -0.195. The summed E-state index contributed by atoms with van der Waals surface area (Å²) in [6, 6.07) is 10.7. The monoisotopic (exact) mass is 401 g/mol. The maximum absolute atomic E-state index is 12.1. The number of nitrogens with one attached hydrogen (secondary N) is 2. The Hall–Kier alpha value is -3.47. The van der Waals surface area contributed by atoms with E-state index in [0.29, 0.717) is 22.4 Å². The number of amides is 1. The third-order valence-electron chi connectivity index (χ3n) is 3.49. The second-order valence-electron chi connectivity index (χ2n) is 5.56. The summed E-state index contributed by atoms with van der Waals surface area (Å²) in [6.45, 7) is 1.84. The molecular weight excluding hydrogens is 382 g/mol. The van der Waals surface area contributed by atoms with Gasteiger partial charge in [-0.1, -0.05) is 11.8 Å². The van der Waals surface area contributed by atoms with E-state index in [9.17, 15) is 4.79 Å². The Balaban J connectivity index is 1.50. The van der Waals surface area contributed by atoms with E-state index in [1.165, 1.54) is 10.9 Å². The van der Waals surface area contributed by atoms with E-state index in [1.807, 2.05) is 13.0 Å². The molecule has 4 N–H and O–H groups in total. The summed E-state index contributed by atoms with van der Waals surface area (Å²) >= 11 is 1.15. The van der Waals surface area contributed by atoms with E-state index >= 15 is 0 Å². The van der Waals surface area contributed by atoms with E-state index in [0.717, 1.165) is 17.5 Å². The van der Waals surface area contributed by atoms with Gasteiger partial charge in [-0.3, -0.25) is 4.79 Å². The molecule has 2 aromatic heterocycles. The number of anilines is 2. The Morgan fingerprint density at radius 1 is 1.32 bits per heavy atom. The Kier molecular flexibility index (Phi) is 6.17. The number of furan rings is 1. The first-order valence-corrected chi connectivity index (χ1v) is 9.16. The molecule has 0 radical (unpaired) electrons. The SMILES string of the molecule is COc1ccc(NC(=O)CSc2nnc(N/N=C/c3ccc(C)o3)n2N)cc1. The van der Waals surface area contributed by atoms with Gasteiger partial charge in [-0.2, -0.15) is 5.10 Å². The van der Waals surface area contributed by atoms with Crippen molar-refractivity contribution in [3.8, 4) is 5.75 Å². The molecule has 0 aliphatic heterocycles. The summed E-state index contributed by atoms with van der Waals surface area (Å²) in [5.41, 5.74) is 3.35. The Labute approximate surface area is 165 Å². The molecule has 0 fully saturated rings. The standard InChI is InChI=1S/C17H19N7O3S/c1-11-3-6-14(27-11)9-19-21-16-22-23-17(24(16)18)28-10-15(25)20-12-4-7-13(26-2)8-5-12/h3-9H,10,18H2,1-2H3,(H,20,25)(H,21,22)/b19-9+. The van der Waals surface area contributed by atoms with Crippen LogP contribution in [0.5, 0.6) is 5.75 Å². The second kappa shape index (κ2) is 8.95. The van der Waals surface area contributed by atoms with Crippen molar-refractivity contribution in [2.75, 3.05) is 29.4 Å². The molecule has 0 spiro atoms. The van der Waals surface area contributed by atoms with Crippen molar-refractivity contribution in [3.63, 3.8) is 0 Å². The van der Waals surface area contributed by atoms with Crippen molar-refractivity contribution in [1.82, 2.24) is 14.9 Å². The van der Waals surface area contributed by atoms with Gasteiger partial charge in [0.1, 0.15) is 17.3 Å². The molecule has 0 saturated heterocycles. The van der Waals surface area contributed by atoms with Crippen LogP contribution in [0.15, 0.2) is 51.1 Å². The number of hydrogen-bond donors (Lipinski definition) is 3. The lowest BCUT2D eigenvalue weighted by molar-refractivity contribution is -0.113. The molecule has 10 nitrogen and oxygen atoms in total. The van der Waals surface area contributed by atoms with Crippen molar-refractivity contribution in [3.05, 3.63) is 47.9 Å². The molecule has 1 amide bonds. The number of hydrazone groups is 1. The summed E-state index contributed by atoms with van der Waals surface area (Å²) in [5.74, 6) is 8.18. The maximum atomic E-state index is 12.1. The van der Waals surface area contributed by atoms with Gasteiger partial charge in [0.25, 0.3) is 5.95 Å². The van der Waals surface area contributed by atoms with Crippen LogP contribution in [-0.2, 0) is 4.79 Å². The van der Waals surface area contributed by atoms with Crippen LogP contribution in [-0.4, -0.2) is 39.9 Å². The zero-order valence-electron chi connectivity index (χ0n) is 15.2. The average Bonchev–Trinajstić information content (AvgIpc) is 3.26. The van der Waals surface area contributed by atoms with E-state index < -0.39 is 0 Å². The highest BCUT2D eigenvalue weighted by Crippen LogP contribution is 2.18. The van der Waals surface area contributed by atoms with Gasteiger partial charge in [0, 0.05) is 5.69 Å². The van der Waals surface area contributed by atoms with Crippen LogP contribution in [0.4, 0.5) is 11.6 Å². The van der Waals surface area contributed by atoms with Crippen LogP contribution in [0.1, 0.15) is 11.5 Å². The van der Waals surface area contributed by atoms with Crippen LogP contribution in [0.25, 0.3) is 0 Å². The van der Waals surface area contributed by atoms with Crippen LogP contribution in [0.3, 0.4) is 0 Å². The first kappa shape index (κ1) is 19.3. The van der Waals surface area contributed by atoms with E-state index in [2.05, 4.69) is 26.0 Å². The largest absolute Gasteiger partial charge is 0.497 e. The highest BCUT2D eigenvalue weighted by atomic mass is 32.2.